The molecule has 186 valence electrons. The normalized spacial score (nSPS) is 11.5. The molecule has 0 bridgehead atoms. The van der Waals surface area contributed by atoms with Crippen molar-refractivity contribution in [3.63, 3.8) is 0 Å². The van der Waals surface area contributed by atoms with Crippen LogP contribution in [0.3, 0.4) is 0 Å². The fraction of sp³-hybridized carbons (Fsp3) is 0.250. The molecule has 4 aromatic heterocycles. The van der Waals surface area contributed by atoms with Crippen LogP contribution in [0, 0.1) is 11.4 Å². The van der Waals surface area contributed by atoms with Crippen molar-refractivity contribution >= 4 is 40.4 Å². The average Bonchev–Trinajstić information content (AvgIpc) is 3.45. The van der Waals surface area contributed by atoms with Crippen LogP contribution in [0.5, 0.6) is 0 Å². The molecular weight excluding hydrogens is 507 g/mol. The van der Waals surface area contributed by atoms with Gasteiger partial charge >= 0.3 is 0 Å². The SMILES string of the molecule is CC(C)(C)C(=O)n1nc(-c2ccc(F)n(CC(=O)c3ncccn3)c2=O)cc1NCc1ccc(Cl)s1. The highest BCUT2D eigenvalue weighted by atomic mass is 35.5. The van der Waals surface area contributed by atoms with Gasteiger partial charge in [0.15, 0.2) is 11.8 Å². The van der Waals surface area contributed by atoms with Gasteiger partial charge in [-0.25, -0.2) is 9.97 Å². The lowest BCUT2D eigenvalue weighted by Gasteiger charge is -2.18. The minimum absolute atomic E-state index is 0.0286. The standard InChI is InChI=1S/C24H22ClFN6O3S/c1-24(2,3)23(35)32-20(29-12-14-5-7-18(25)36-14)11-16(30-32)15-6-8-19(26)31(22(15)34)13-17(33)21-27-9-4-10-28-21/h4-11,29H,12-13H2,1-3H3. The highest BCUT2D eigenvalue weighted by Gasteiger charge is 2.28. The highest BCUT2D eigenvalue weighted by molar-refractivity contribution is 7.16. The van der Waals surface area contributed by atoms with Crippen LogP contribution in [-0.4, -0.2) is 36.0 Å². The molecule has 0 aromatic carbocycles. The van der Waals surface area contributed by atoms with Crippen LogP contribution in [0.25, 0.3) is 11.3 Å². The molecular formula is C24H22ClFN6O3S. The minimum Gasteiger partial charge on any atom is -0.365 e. The second-order valence-electron chi connectivity index (χ2n) is 8.90. The number of carbonyl (C=O) groups excluding carboxylic acids is 2. The Kier molecular flexibility index (Phi) is 7.14. The molecule has 4 rings (SSSR count). The molecule has 12 heteroatoms. The summed E-state index contributed by atoms with van der Waals surface area (Å²) >= 11 is 7.40. The van der Waals surface area contributed by atoms with Crippen LogP contribution in [0.1, 0.15) is 41.1 Å². The number of thiophene rings is 1. The van der Waals surface area contributed by atoms with Crippen LogP contribution in [0.4, 0.5) is 10.2 Å². The van der Waals surface area contributed by atoms with Crippen molar-refractivity contribution < 1.29 is 14.0 Å². The zero-order chi connectivity index (χ0) is 26.0. The van der Waals surface area contributed by atoms with Gasteiger partial charge in [0, 0.05) is 28.8 Å². The Balaban J connectivity index is 1.71. The van der Waals surface area contributed by atoms with Crippen molar-refractivity contribution in [3.8, 4) is 11.3 Å². The highest BCUT2D eigenvalue weighted by Crippen LogP contribution is 2.26. The van der Waals surface area contributed by atoms with E-state index in [0.717, 1.165) is 10.9 Å². The predicted molar refractivity (Wildman–Crippen MR) is 135 cm³/mol. The number of carbonyl (C=O) groups is 2. The second-order valence-corrected chi connectivity index (χ2v) is 10.7. The van der Waals surface area contributed by atoms with E-state index in [1.54, 1.807) is 32.9 Å². The first kappa shape index (κ1) is 25.4. The fourth-order valence-electron chi connectivity index (χ4n) is 3.29. The third kappa shape index (κ3) is 5.42. The van der Waals surface area contributed by atoms with Crippen molar-refractivity contribution in [2.45, 2.75) is 33.9 Å². The summed E-state index contributed by atoms with van der Waals surface area (Å²) < 4.78 is 17.1. The summed E-state index contributed by atoms with van der Waals surface area (Å²) in [5, 5.41) is 7.53. The fourth-order valence-corrected chi connectivity index (χ4v) is 4.32. The molecule has 0 fully saturated rings. The smallest absolute Gasteiger partial charge is 0.262 e. The second kappa shape index (κ2) is 10.1. The zero-order valence-electron chi connectivity index (χ0n) is 19.7. The Morgan fingerprint density at radius 3 is 2.50 bits per heavy atom. The van der Waals surface area contributed by atoms with Gasteiger partial charge in [-0.1, -0.05) is 32.4 Å². The molecule has 0 spiro atoms. The summed E-state index contributed by atoms with van der Waals surface area (Å²) in [5.41, 5.74) is -1.36. The number of rotatable bonds is 7. The van der Waals surface area contributed by atoms with Gasteiger partial charge in [0.05, 0.1) is 23.0 Å². The lowest BCUT2D eigenvalue weighted by atomic mass is 9.96. The third-order valence-corrected chi connectivity index (χ3v) is 6.36. The van der Waals surface area contributed by atoms with E-state index in [2.05, 4.69) is 20.4 Å². The molecule has 0 unspecified atom stereocenters. The number of ketones is 1. The van der Waals surface area contributed by atoms with Gasteiger partial charge in [-0.3, -0.25) is 19.0 Å². The summed E-state index contributed by atoms with van der Waals surface area (Å²) in [4.78, 5) is 47.4. The summed E-state index contributed by atoms with van der Waals surface area (Å²) in [6.45, 7) is 5.04. The van der Waals surface area contributed by atoms with E-state index >= 15 is 0 Å². The van der Waals surface area contributed by atoms with Gasteiger partial charge in [0.1, 0.15) is 11.5 Å². The summed E-state index contributed by atoms with van der Waals surface area (Å²) in [6, 6.07) is 9.06. The van der Waals surface area contributed by atoms with Gasteiger partial charge in [-0.15, -0.1) is 11.3 Å². The van der Waals surface area contributed by atoms with Gasteiger partial charge in [-0.2, -0.15) is 14.2 Å². The largest absolute Gasteiger partial charge is 0.365 e. The lowest BCUT2D eigenvalue weighted by Crippen LogP contribution is -2.29. The molecule has 4 aromatic rings. The summed E-state index contributed by atoms with van der Waals surface area (Å²) in [6.07, 6.45) is 2.76. The van der Waals surface area contributed by atoms with Crippen molar-refractivity contribution in [2.75, 3.05) is 5.32 Å². The molecule has 1 N–H and O–H groups in total. The Hall–Kier alpha value is -3.70. The van der Waals surface area contributed by atoms with E-state index in [4.69, 9.17) is 11.6 Å². The van der Waals surface area contributed by atoms with Crippen molar-refractivity contribution in [2.24, 2.45) is 5.41 Å². The Bertz CT molecular complexity index is 1490. The Morgan fingerprint density at radius 2 is 1.86 bits per heavy atom. The van der Waals surface area contributed by atoms with E-state index in [9.17, 15) is 18.8 Å². The molecule has 36 heavy (non-hydrogen) atoms. The molecule has 0 aliphatic rings. The Labute approximate surface area is 214 Å². The topological polar surface area (TPSA) is 112 Å². The first-order chi connectivity index (χ1) is 17.0. The molecule has 0 saturated heterocycles. The zero-order valence-corrected chi connectivity index (χ0v) is 21.2. The average molecular weight is 529 g/mol. The van der Waals surface area contributed by atoms with E-state index in [1.165, 1.54) is 40.5 Å². The maximum absolute atomic E-state index is 14.6. The number of Topliss-reactive ketones (excluding diaryl/α,β-unsaturated/α-hetero) is 1. The van der Waals surface area contributed by atoms with Crippen LogP contribution in [-0.2, 0) is 13.1 Å². The number of nitrogens with zero attached hydrogens (tertiary/aromatic N) is 5. The van der Waals surface area contributed by atoms with Crippen LogP contribution in [0.15, 0.2) is 53.6 Å². The predicted octanol–water partition coefficient (Wildman–Crippen LogP) is 4.54. The summed E-state index contributed by atoms with van der Waals surface area (Å²) in [7, 11) is 0. The first-order valence-corrected chi connectivity index (χ1v) is 12.1. The molecule has 4 heterocycles. The van der Waals surface area contributed by atoms with Crippen molar-refractivity contribution in [3.05, 3.63) is 80.1 Å². The molecule has 0 radical (unpaired) electrons. The van der Waals surface area contributed by atoms with Crippen LogP contribution >= 0.6 is 22.9 Å². The van der Waals surface area contributed by atoms with Gasteiger partial charge < -0.3 is 5.32 Å². The maximum atomic E-state index is 14.6. The van der Waals surface area contributed by atoms with Gasteiger partial charge in [-0.05, 0) is 30.3 Å². The maximum Gasteiger partial charge on any atom is 0.262 e. The van der Waals surface area contributed by atoms with E-state index in [1.807, 2.05) is 6.07 Å². The Morgan fingerprint density at radius 1 is 1.14 bits per heavy atom. The van der Waals surface area contributed by atoms with E-state index in [0.29, 0.717) is 21.3 Å². The number of halogens is 2. The molecule has 0 aliphatic heterocycles. The molecule has 0 aliphatic carbocycles. The molecule has 0 saturated carbocycles. The van der Waals surface area contributed by atoms with E-state index < -0.39 is 29.2 Å². The van der Waals surface area contributed by atoms with Crippen LogP contribution < -0.4 is 10.9 Å². The number of pyridine rings is 1. The van der Waals surface area contributed by atoms with Gasteiger partial charge in [0.2, 0.25) is 5.78 Å². The summed E-state index contributed by atoms with van der Waals surface area (Å²) in [5.74, 6) is -1.60. The number of anilines is 1. The number of nitrogens with one attached hydrogen (secondary N) is 1. The molecule has 9 nitrogen and oxygen atoms in total. The first-order valence-electron chi connectivity index (χ1n) is 10.9. The third-order valence-electron chi connectivity index (χ3n) is 5.13. The van der Waals surface area contributed by atoms with Crippen molar-refractivity contribution in [1.29, 1.82) is 0 Å². The van der Waals surface area contributed by atoms with Crippen molar-refractivity contribution in [1.82, 2.24) is 24.3 Å². The van der Waals surface area contributed by atoms with Crippen LogP contribution in [0.2, 0.25) is 4.34 Å². The molecule has 0 amide bonds. The lowest BCUT2D eigenvalue weighted by molar-refractivity contribution is 0.0752. The molecule has 0 atom stereocenters. The number of aromatic nitrogens is 5. The monoisotopic (exact) mass is 528 g/mol. The number of hydrogen-bond acceptors (Lipinski definition) is 8. The van der Waals surface area contributed by atoms with E-state index in [-0.39, 0.29) is 23.0 Å². The van der Waals surface area contributed by atoms with Gasteiger partial charge in [0.25, 0.3) is 11.5 Å². The minimum atomic E-state index is -0.897. The number of hydrogen-bond donors (Lipinski definition) is 1. The quantitative estimate of drug-likeness (QED) is 0.277.